The van der Waals surface area contributed by atoms with Gasteiger partial charge in [-0.2, -0.15) is 0 Å². The first kappa shape index (κ1) is 10.2. The highest BCUT2D eigenvalue weighted by atomic mass is 35.5. The number of hydrogen-bond donors (Lipinski definition) is 1. The van der Waals surface area contributed by atoms with Crippen LogP contribution in [0.2, 0.25) is 5.02 Å². The van der Waals surface area contributed by atoms with Crippen molar-refractivity contribution in [3.63, 3.8) is 0 Å². The number of ketones is 1. The molecule has 0 atom stereocenters. The Kier molecular flexibility index (Phi) is 3.46. The number of aliphatic hydroxyl groups is 1. The van der Waals surface area contributed by atoms with E-state index in [1.165, 1.54) is 6.92 Å². The molecule has 0 bridgehead atoms. The van der Waals surface area contributed by atoms with Crippen molar-refractivity contribution in [2.75, 3.05) is 0 Å². The van der Waals surface area contributed by atoms with Crippen LogP contribution in [0.1, 0.15) is 18.1 Å². The Morgan fingerprint density at radius 3 is 2.62 bits per heavy atom. The molecule has 13 heavy (non-hydrogen) atoms. The maximum Gasteiger partial charge on any atom is 0.134 e. The van der Waals surface area contributed by atoms with Crippen molar-refractivity contribution < 1.29 is 9.90 Å². The van der Waals surface area contributed by atoms with Crippen LogP contribution in [0.5, 0.6) is 0 Å². The van der Waals surface area contributed by atoms with E-state index in [-0.39, 0.29) is 12.4 Å². The minimum Gasteiger partial charge on any atom is -0.392 e. The van der Waals surface area contributed by atoms with E-state index in [4.69, 9.17) is 16.7 Å². The molecule has 1 aromatic rings. The van der Waals surface area contributed by atoms with Crippen LogP contribution in [0.15, 0.2) is 18.2 Å². The molecule has 1 N–H and O–H groups in total. The predicted molar refractivity (Wildman–Crippen MR) is 51.8 cm³/mol. The SMILES string of the molecule is CC(=O)Cc1cccc(CO)c1Cl. The van der Waals surface area contributed by atoms with E-state index >= 15 is 0 Å². The lowest BCUT2D eigenvalue weighted by atomic mass is 10.1. The van der Waals surface area contributed by atoms with Crippen molar-refractivity contribution >= 4 is 17.4 Å². The maximum absolute atomic E-state index is 10.8. The van der Waals surface area contributed by atoms with Gasteiger partial charge in [-0.3, -0.25) is 4.79 Å². The molecular weight excluding hydrogens is 188 g/mol. The van der Waals surface area contributed by atoms with Gasteiger partial charge in [-0.15, -0.1) is 0 Å². The zero-order chi connectivity index (χ0) is 9.84. The Balaban J connectivity index is 3.01. The summed E-state index contributed by atoms with van der Waals surface area (Å²) in [5.74, 6) is 0.0667. The highest BCUT2D eigenvalue weighted by Gasteiger charge is 2.06. The van der Waals surface area contributed by atoms with E-state index in [0.717, 1.165) is 5.56 Å². The quantitative estimate of drug-likeness (QED) is 0.807. The van der Waals surface area contributed by atoms with Crippen molar-refractivity contribution in [1.82, 2.24) is 0 Å². The molecule has 1 aromatic carbocycles. The van der Waals surface area contributed by atoms with Crippen LogP contribution in [0, 0.1) is 0 Å². The maximum atomic E-state index is 10.8. The molecule has 0 aromatic heterocycles. The number of carbonyl (C=O) groups excluding carboxylic acids is 1. The van der Waals surface area contributed by atoms with E-state index < -0.39 is 0 Å². The molecule has 0 spiro atoms. The fourth-order valence-corrected chi connectivity index (χ4v) is 1.41. The zero-order valence-electron chi connectivity index (χ0n) is 7.38. The van der Waals surface area contributed by atoms with Gasteiger partial charge >= 0.3 is 0 Å². The molecule has 0 aliphatic rings. The van der Waals surface area contributed by atoms with Crippen molar-refractivity contribution in [2.45, 2.75) is 20.0 Å². The standard InChI is InChI=1S/C10H11ClO2/c1-7(13)5-8-3-2-4-9(6-12)10(8)11/h2-4,12H,5-6H2,1H3. The summed E-state index contributed by atoms with van der Waals surface area (Å²) >= 11 is 5.94. The fourth-order valence-electron chi connectivity index (χ4n) is 1.16. The molecule has 0 amide bonds. The molecule has 0 saturated carbocycles. The average molecular weight is 199 g/mol. The van der Waals surface area contributed by atoms with E-state index in [9.17, 15) is 4.79 Å². The second-order valence-corrected chi connectivity index (χ2v) is 3.31. The van der Waals surface area contributed by atoms with Crippen molar-refractivity contribution in [3.8, 4) is 0 Å². The smallest absolute Gasteiger partial charge is 0.134 e. The summed E-state index contributed by atoms with van der Waals surface area (Å²) in [6.07, 6.45) is 0.326. The first-order valence-electron chi connectivity index (χ1n) is 4.01. The Bertz CT molecular complexity index is 321. The number of rotatable bonds is 3. The summed E-state index contributed by atoms with van der Waals surface area (Å²) in [7, 11) is 0. The molecule has 0 heterocycles. The van der Waals surface area contributed by atoms with Gasteiger partial charge in [0.15, 0.2) is 0 Å². The largest absolute Gasteiger partial charge is 0.392 e. The summed E-state index contributed by atoms with van der Waals surface area (Å²) in [5.41, 5.74) is 1.45. The summed E-state index contributed by atoms with van der Waals surface area (Å²) in [5, 5.41) is 9.41. The lowest BCUT2D eigenvalue weighted by Crippen LogP contribution is -1.98. The third-order valence-corrected chi connectivity index (χ3v) is 2.25. The van der Waals surface area contributed by atoms with Gasteiger partial charge in [-0.25, -0.2) is 0 Å². The predicted octanol–water partition coefficient (Wildman–Crippen LogP) is 1.96. The molecule has 0 fully saturated rings. The molecule has 3 heteroatoms. The molecule has 1 rings (SSSR count). The summed E-state index contributed by atoms with van der Waals surface area (Å²) in [4.78, 5) is 10.8. The van der Waals surface area contributed by atoms with E-state index in [2.05, 4.69) is 0 Å². The van der Waals surface area contributed by atoms with Crippen LogP contribution in [0.4, 0.5) is 0 Å². The van der Waals surface area contributed by atoms with Crippen LogP contribution in [-0.4, -0.2) is 10.9 Å². The lowest BCUT2D eigenvalue weighted by Gasteiger charge is -2.05. The Morgan fingerprint density at radius 2 is 2.08 bits per heavy atom. The molecule has 0 saturated heterocycles. The number of halogens is 1. The van der Waals surface area contributed by atoms with Crippen molar-refractivity contribution in [2.24, 2.45) is 0 Å². The summed E-state index contributed by atoms with van der Waals surface area (Å²) < 4.78 is 0. The first-order valence-corrected chi connectivity index (χ1v) is 4.39. The molecule has 0 aliphatic carbocycles. The topological polar surface area (TPSA) is 37.3 Å². The van der Waals surface area contributed by atoms with Gasteiger partial charge < -0.3 is 5.11 Å². The normalized spacial score (nSPS) is 10.1. The van der Waals surface area contributed by atoms with Crippen molar-refractivity contribution in [1.29, 1.82) is 0 Å². The summed E-state index contributed by atoms with van der Waals surface area (Å²) in [6, 6.07) is 5.32. The first-order chi connectivity index (χ1) is 6.15. The molecule has 0 unspecified atom stereocenters. The van der Waals surface area contributed by atoms with Gasteiger partial charge in [0.25, 0.3) is 0 Å². The molecule has 0 radical (unpaired) electrons. The van der Waals surface area contributed by atoms with Crippen LogP contribution in [0.3, 0.4) is 0 Å². The number of carbonyl (C=O) groups is 1. The zero-order valence-corrected chi connectivity index (χ0v) is 8.14. The second kappa shape index (κ2) is 4.40. The Labute approximate surface area is 82.2 Å². The van der Waals surface area contributed by atoms with Crippen molar-refractivity contribution in [3.05, 3.63) is 34.3 Å². The van der Waals surface area contributed by atoms with E-state index in [1.54, 1.807) is 18.2 Å². The molecule has 70 valence electrons. The van der Waals surface area contributed by atoms with Crippen LogP contribution < -0.4 is 0 Å². The van der Waals surface area contributed by atoms with Gasteiger partial charge in [-0.05, 0) is 18.1 Å². The number of Topliss-reactive ketones (excluding diaryl/α,β-unsaturated/α-hetero) is 1. The summed E-state index contributed by atoms with van der Waals surface area (Å²) in [6.45, 7) is 1.42. The number of hydrogen-bond acceptors (Lipinski definition) is 2. The van der Waals surface area contributed by atoms with Crippen LogP contribution >= 0.6 is 11.6 Å². The third kappa shape index (κ3) is 2.54. The van der Waals surface area contributed by atoms with Gasteiger partial charge in [-0.1, -0.05) is 29.8 Å². The Hall–Kier alpha value is -0.860. The second-order valence-electron chi connectivity index (χ2n) is 2.93. The number of benzene rings is 1. The minimum atomic E-state index is -0.0927. The average Bonchev–Trinajstić information content (AvgIpc) is 2.08. The lowest BCUT2D eigenvalue weighted by molar-refractivity contribution is -0.116. The van der Waals surface area contributed by atoms with E-state index in [1.807, 2.05) is 0 Å². The van der Waals surface area contributed by atoms with Gasteiger partial charge in [0.05, 0.1) is 6.61 Å². The molecular formula is C10H11ClO2. The highest BCUT2D eigenvalue weighted by molar-refractivity contribution is 6.32. The fraction of sp³-hybridized carbons (Fsp3) is 0.300. The van der Waals surface area contributed by atoms with Crippen LogP contribution in [-0.2, 0) is 17.8 Å². The molecule has 2 nitrogen and oxygen atoms in total. The Morgan fingerprint density at radius 1 is 1.46 bits per heavy atom. The van der Waals surface area contributed by atoms with Gasteiger partial charge in [0.1, 0.15) is 5.78 Å². The molecule has 0 aliphatic heterocycles. The number of aliphatic hydroxyl groups excluding tert-OH is 1. The van der Waals surface area contributed by atoms with E-state index in [0.29, 0.717) is 17.0 Å². The van der Waals surface area contributed by atoms with Crippen LogP contribution in [0.25, 0.3) is 0 Å². The van der Waals surface area contributed by atoms with Gasteiger partial charge in [0, 0.05) is 11.4 Å². The minimum absolute atomic E-state index is 0.0667. The van der Waals surface area contributed by atoms with Gasteiger partial charge in [0.2, 0.25) is 0 Å². The monoisotopic (exact) mass is 198 g/mol. The highest BCUT2D eigenvalue weighted by Crippen LogP contribution is 2.21. The third-order valence-electron chi connectivity index (χ3n) is 1.77.